The lowest BCUT2D eigenvalue weighted by atomic mass is 9.75. The molecule has 1 unspecified atom stereocenters. The Balaban J connectivity index is 2.77. The SMILES string of the molecule is CC(C)CNCC(c1ccccc1)C(C)(C)CO. The number of hydrogen-bond donors (Lipinski definition) is 2. The second kappa shape index (κ2) is 6.91. The van der Waals surface area contributed by atoms with Gasteiger partial charge in [-0.15, -0.1) is 0 Å². The topological polar surface area (TPSA) is 32.3 Å². The largest absolute Gasteiger partial charge is 0.396 e. The van der Waals surface area contributed by atoms with Crippen LogP contribution in [-0.4, -0.2) is 24.8 Å². The molecule has 0 spiro atoms. The van der Waals surface area contributed by atoms with Crippen LogP contribution in [0.3, 0.4) is 0 Å². The number of nitrogens with one attached hydrogen (secondary N) is 1. The van der Waals surface area contributed by atoms with Crippen molar-refractivity contribution in [2.75, 3.05) is 19.7 Å². The molecule has 1 aromatic rings. The van der Waals surface area contributed by atoms with E-state index in [1.807, 2.05) is 6.07 Å². The van der Waals surface area contributed by atoms with E-state index in [-0.39, 0.29) is 12.0 Å². The molecule has 2 nitrogen and oxygen atoms in total. The molecule has 2 heteroatoms. The lowest BCUT2D eigenvalue weighted by Gasteiger charge is -2.33. The van der Waals surface area contributed by atoms with Crippen LogP contribution in [0, 0.1) is 11.3 Å². The van der Waals surface area contributed by atoms with Crippen LogP contribution in [0.5, 0.6) is 0 Å². The highest BCUT2D eigenvalue weighted by atomic mass is 16.3. The number of benzene rings is 1. The van der Waals surface area contributed by atoms with Crippen molar-refractivity contribution in [2.45, 2.75) is 33.6 Å². The van der Waals surface area contributed by atoms with Crippen LogP contribution in [0.4, 0.5) is 0 Å². The summed E-state index contributed by atoms with van der Waals surface area (Å²) in [6.45, 7) is 10.8. The molecular formula is C16H27NO. The van der Waals surface area contributed by atoms with E-state index in [9.17, 15) is 5.11 Å². The summed E-state index contributed by atoms with van der Waals surface area (Å²) >= 11 is 0. The van der Waals surface area contributed by atoms with Crippen LogP contribution in [0.15, 0.2) is 30.3 Å². The Hall–Kier alpha value is -0.860. The van der Waals surface area contributed by atoms with Gasteiger partial charge >= 0.3 is 0 Å². The number of aliphatic hydroxyl groups excluding tert-OH is 1. The Morgan fingerprint density at radius 1 is 1.11 bits per heavy atom. The van der Waals surface area contributed by atoms with Crippen LogP contribution in [0.2, 0.25) is 0 Å². The highest BCUT2D eigenvalue weighted by Gasteiger charge is 2.29. The van der Waals surface area contributed by atoms with E-state index in [1.165, 1.54) is 5.56 Å². The molecule has 1 atom stereocenters. The third kappa shape index (κ3) is 4.43. The summed E-state index contributed by atoms with van der Waals surface area (Å²) in [5.41, 5.74) is 1.19. The molecule has 0 saturated heterocycles. The first kappa shape index (κ1) is 15.2. The summed E-state index contributed by atoms with van der Waals surface area (Å²) in [4.78, 5) is 0. The molecule has 1 aromatic carbocycles. The van der Waals surface area contributed by atoms with Crippen molar-refractivity contribution >= 4 is 0 Å². The predicted molar refractivity (Wildman–Crippen MR) is 77.8 cm³/mol. The van der Waals surface area contributed by atoms with E-state index < -0.39 is 0 Å². The van der Waals surface area contributed by atoms with Gasteiger partial charge in [-0.3, -0.25) is 0 Å². The van der Waals surface area contributed by atoms with Gasteiger partial charge in [-0.2, -0.15) is 0 Å². The number of hydrogen-bond acceptors (Lipinski definition) is 2. The maximum absolute atomic E-state index is 9.61. The van der Waals surface area contributed by atoms with Gasteiger partial charge in [0, 0.05) is 19.1 Å². The fraction of sp³-hybridized carbons (Fsp3) is 0.625. The molecule has 0 aromatic heterocycles. The van der Waals surface area contributed by atoms with Crippen LogP contribution in [0.25, 0.3) is 0 Å². The Kier molecular flexibility index (Phi) is 5.83. The Bertz CT molecular complexity index is 332. The van der Waals surface area contributed by atoms with E-state index in [2.05, 4.69) is 57.3 Å². The fourth-order valence-electron chi connectivity index (χ4n) is 2.16. The minimum Gasteiger partial charge on any atom is -0.396 e. The molecule has 0 bridgehead atoms. The minimum atomic E-state index is -0.106. The van der Waals surface area contributed by atoms with Crippen molar-refractivity contribution < 1.29 is 5.11 Å². The zero-order valence-electron chi connectivity index (χ0n) is 12.1. The summed E-state index contributed by atoms with van der Waals surface area (Å²) in [6, 6.07) is 10.5. The molecule has 0 fully saturated rings. The van der Waals surface area contributed by atoms with Gasteiger partial charge in [0.2, 0.25) is 0 Å². The summed E-state index contributed by atoms with van der Waals surface area (Å²) < 4.78 is 0. The predicted octanol–water partition coefficient (Wildman–Crippen LogP) is 3.03. The zero-order valence-corrected chi connectivity index (χ0v) is 12.1. The normalized spacial score (nSPS) is 13.9. The molecule has 2 N–H and O–H groups in total. The third-order valence-electron chi connectivity index (χ3n) is 3.45. The van der Waals surface area contributed by atoms with Crippen molar-refractivity contribution in [3.63, 3.8) is 0 Å². The lowest BCUT2D eigenvalue weighted by molar-refractivity contribution is 0.128. The van der Waals surface area contributed by atoms with Gasteiger partial charge in [0.15, 0.2) is 0 Å². The van der Waals surface area contributed by atoms with E-state index in [0.717, 1.165) is 13.1 Å². The van der Waals surface area contributed by atoms with E-state index in [0.29, 0.717) is 11.8 Å². The molecule has 0 radical (unpaired) electrons. The van der Waals surface area contributed by atoms with Gasteiger partial charge in [-0.05, 0) is 23.4 Å². The summed E-state index contributed by atoms with van der Waals surface area (Å²) in [5.74, 6) is 0.987. The summed E-state index contributed by atoms with van der Waals surface area (Å²) in [7, 11) is 0. The molecule has 0 amide bonds. The maximum Gasteiger partial charge on any atom is 0.0488 e. The van der Waals surface area contributed by atoms with Gasteiger partial charge in [-0.25, -0.2) is 0 Å². The van der Waals surface area contributed by atoms with Gasteiger partial charge in [0.25, 0.3) is 0 Å². The van der Waals surface area contributed by atoms with Crippen LogP contribution >= 0.6 is 0 Å². The smallest absolute Gasteiger partial charge is 0.0488 e. The van der Waals surface area contributed by atoms with E-state index in [4.69, 9.17) is 0 Å². The monoisotopic (exact) mass is 249 g/mol. The molecule has 0 aliphatic rings. The van der Waals surface area contributed by atoms with E-state index >= 15 is 0 Å². The van der Waals surface area contributed by atoms with Crippen LogP contribution in [-0.2, 0) is 0 Å². The minimum absolute atomic E-state index is 0.106. The highest BCUT2D eigenvalue weighted by Crippen LogP contribution is 2.34. The highest BCUT2D eigenvalue weighted by molar-refractivity contribution is 5.22. The summed E-state index contributed by atoms with van der Waals surface area (Å²) in [5, 5.41) is 13.1. The number of aliphatic hydroxyl groups is 1. The van der Waals surface area contributed by atoms with Gasteiger partial charge in [-0.1, -0.05) is 58.0 Å². The third-order valence-corrected chi connectivity index (χ3v) is 3.45. The standard InChI is InChI=1S/C16H27NO/c1-13(2)10-17-11-15(16(3,4)12-18)14-8-6-5-7-9-14/h5-9,13,15,17-18H,10-12H2,1-4H3. The van der Waals surface area contributed by atoms with Gasteiger partial charge < -0.3 is 10.4 Å². The first-order valence-electron chi connectivity index (χ1n) is 6.84. The molecule has 1 rings (SSSR count). The number of rotatable bonds is 7. The average molecular weight is 249 g/mol. The van der Waals surface area contributed by atoms with Crippen molar-refractivity contribution in [1.29, 1.82) is 0 Å². The van der Waals surface area contributed by atoms with Crippen molar-refractivity contribution in [3.8, 4) is 0 Å². The second-order valence-corrected chi connectivity index (χ2v) is 6.16. The Labute approximate surface area is 111 Å². The Morgan fingerprint density at radius 3 is 2.22 bits per heavy atom. The van der Waals surface area contributed by atoms with Gasteiger partial charge in [0.05, 0.1) is 0 Å². The first-order chi connectivity index (χ1) is 8.47. The molecule has 0 aliphatic carbocycles. The lowest BCUT2D eigenvalue weighted by Crippen LogP contribution is -2.35. The first-order valence-corrected chi connectivity index (χ1v) is 6.84. The molecular weight excluding hydrogens is 222 g/mol. The zero-order chi connectivity index (χ0) is 13.6. The molecule has 102 valence electrons. The van der Waals surface area contributed by atoms with Gasteiger partial charge in [0.1, 0.15) is 0 Å². The molecule has 18 heavy (non-hydrogen) atoms. The second-order valence-electron chi connectivity index (χ2n) is 6.16. The van der Waals surface area contributed by atoms with Crippen molar-refractivity contribution in [1.82, 2.24) is 5.32 Å². The van der Waals surface area contributed by atoms with Crippen molar-refractivity contribution in [2.24, 2.45) is 11.3 Å². The Morgan fingerprint density at radius 2 is 1.72 bits per heavy atom. The average Bonchev–Trinajstić information content (AvgIpc) is 2.35. The summed E-state index contributed by atoms with van der Waals surface area (Å²) in [6.07, 6.45) is 0. The van der Waals surface area contributed by atoms with Crippen molar-refractivity contribution in [3.05, 3.63) is 35.9 Å². The fourth-order valence-corrected chi connectivity index (χ4v) is 2.16. The molecule has 0 heterocycles. The quantitative estimate of drug-likeness (QED) is 0.778. The molecule has 0 saturated carbocycles. The van der Waals surface area contributed by atoms with E-state index in [1.54, 1.807) is 0 Å². The molecule has 0 aliphatic heterocycles. The van der Waals surface area contributed by atoms with Crippen LogP contribution < -0.4 is 5.32 Å². The maximum atomic E-state index is 9.61. The van der Waals surface area contributed by atoms with Crippen LogP contribution in [0.1, 0.15) is 39.2 Å².